The van der Waals surface area contributed by atoms with Gasteiger partial charge in [0.2, 0.25) is 0 Å². The van der Waals surface area contributed by atoms with Crippen LogP contribution in [0.2, 0.25) is 0 Å². The number of carbonyl (C=O) groups excluding carboxylic acids is 2. The summed E-state index contributed by atoms with van der Waals surface area (Å²) >= 11 is 0. The van der Waals surface area contributed by atoms with E-state index in [4.69, 9.17) is 4.74 Å². The number of hydrogen-bond acceptors (Lipinski definition) is 5. The van der Waals surface area contributed by atoms with Crippen LogP contribution >= 0.6 is 0 Å². The van der Waals surface area contributed by atoms with Crippen LogP contribution in [0.3, 0.4) is 0 Å². The quantitative estimate of drug-likeness (QED) is 0.0332. The molecule has 0 fully saturated rings. The number of hydrogen-bond donors (Lipinski definition) is 1. The Morgan fingerprint density at radius 2 is 1.60 bits per heavy atom. The van der Waals surface area contributed by atoms with E-state index >= 15 is 0 Å². The first-order valence-corrected chi connectivity index (χ1v) is 15.0. The van der Waals surface area contributed by atoms with E-state index in [1.54, 1.807) is 18.2 Å². The Morgan fingerprint density at radius 3 is 2.20 bits per heavy atom. The third-order valence-electron chi connectivity index (χ3n) is 7.38. The number of benzene rings is 3. The summed E-state index contributed by atoms with van der Waals surface area (Å²) in [5, 5.41) is 14.7. The van der Waals surface area contributed by atoms with E-state index in [0.29, 0.717) is 24.3 Å². The van der Waals surface area contributed by atoms with Gasteiger partial charge < -0.3 is 14.6 Å². The molecule has 0 aliphatic heterocycles. The van der Waals surface area contributed by atoms with Crippen LogP contribution < -0.4 is 5.32 Å². The number of amides is 1. The topological polar surface area (TPSA) is 103 Å². The Balaban J connectivity index is 0.00000271. The van der Waals surface area contributed by atoms with E-state index < -0.39 is 4.92 Å². The number of fused-ring (bicyclic) bond motifs is 1. The zero-order chi connectivity index (χ0) is 32.9. The number of non-ortho nitro benzene ring substituents is 1. The Hall–Kier alpha value is -5.24. The Labute approximate surface area is 264 Å². The molecule has 8 heteroatoms. The highest BCUT2D eigenvalue weighted by Gasteiger charge is 2.17. The number of esters is 1. The third-order valence-corrected chi connectivity index (χ3v) is 7.38. The van der Waals surface area contributed by atoms with Crippen molar-refractivity contribution >= 4 is 34.0 Å². The number of carbonyl (C=O) groups is 2. The smallest absolute Gasteiger partial charge is 0.338 e. The van der Waals surface area contributed by atoms with Crippen molar-refractivity contribution in [1.29, 1.82) is 0 Å². The van der Waals surface area contributed by atoms with Crippen molar-refractivity contribution in [3.63, 3.8) is 0 Å². The van der Waals surface area contributed by atoms with Crippen LogP contribution in [-0.2, 0) is 22.6 Å². The summed E-state index contributed by atoms with van der Waals surface area (Å²) < 4.78 is 7.62. The van der Waals surface area contributed by atoms with E-state index in [1.165, 1.54) is 12.1 Å². The van der Waals surface area contributed by atoms with Gasteiger partial charge >= 0.3 is 5.97 Å². The van der Waals surface area contributed by atoms with Gasteiger partial charge in [0.15, 0.2) is 0 Å². The van der Waals surface area contributed by atoms with Crippen LogP contribution in [0.1, 0.15) is 66.2 Å². The third kappa shape index (κ3) is 8.66. The lowest BCUT2D eigenvalue weighted by atomic mass is 9.96. The number of allylic oxidation sites excluding steroid dienone is 2. The molecule has 0 saturated carbocycles. The molecule has 0 unspecified atom stereocenters. The maximum absolute atomic E-state index is 12.9. The van der Waals surface area contributed by atoms with Gasteiger partial charge in [-0.15, -0.1) is 13.2 Å². The van der Waals surface area contributed by atoms with Crippen LogP contribution in [0.4, 0.5) is 5.69 Å². The predicted octanol–water partition coefficient (Wildman–Crippen LogP) is 8.33. The molecule has 0 spiro atoms. The van der Waals surface area contributed by atoms with Crippen molar-refractivity contribution in [2.45, 2.75) is 53.6 Å². The number of aryl methyl sites for hydroxylation is 1. The maximum atomic E-state index is 12.9. The molecule has 8 nitrogen and oxygen atoms in total. The lowest BCUT2D eigenvalue weighted by Crippen LogP contribution is -2.22. The van der Waals surface area contributed by atoms with Gasteiger partial charge in [-0.2, -0.15) is 0 Å². The summed E-state index contributed by atoms with van der Waals surface area (Å²) in [6, 6.07) is 20.0. The Kier molecular flexibility index (Phi) is 12.6. The van der Waals surface area contributed by atoms with Gasteiger partial charge in [0.1, 0.15) is 0 Å². The van der Waals surface area contributed by atoms with Gasteiger partial charge in [-0.25, -0.2) is 4.79 Å². The molecule has 234 valence electrons. The van der Waals surface area contributed by atoms with Crippen LogP contribution in [0, 0.1) is 17.0 Å². The van der Waals surface area contributed by atoms with E-state index in [0.717, 1.165) is 51.6 Å². The van der Waals surface area contributed by atoms with Gasteiger partial charge in [-0.3, -0.25) is 14.9 Å². The molecule has 1 heterocycles. The fourth-order valence-corrected chi connectivity index (χ4v) is 5.00. The summed E-state index contributed by atoms with van der Waals surface area (Å²) in [6.45, 7) is 15.2. The average Bonchev–Trinajstić information content (AvgIpc) is 3.37. The first-order chi connectivity index (χ1) is 21.7. The fraction of sp³-hybridized carbons (Fsp3) is 0.243. The van der Waals surface area contributed by atoms with Crippen LogP contribution in [0.15, 0.2) is 104 Å². The van der Waals surface area contributed by atoms with Crippen LogP contribution in [0.25, 0.3) is 16.5 Å². The molecule has 1 N–H and O–H groups in total. The summed E-state index contributed by atoms with van der Waals surface area (Å²) in [5.41, 5.74) is 6.89. The minimum Gasteiger partial charge on any atom is -0.462 e. The molecule has 0 aliphatic carbocycles. The number of nitro benzene ring substituents is 1. The van der Waals surface area contributed by atoms with Crippen molar-refractivity contribution in [2.24, 2.45) is 0 Å². The van der Waals surface area contributed by atoms with Gasteiger partial charge in [-0.05, 0) is 73.2 Å². The van der Waals surface area contributed by atoms with E-state index in [1.807, 2.05) is 57.2 Å². The number of nitrogens with one attached hydrogen (secondary N) is 1. The summed E-state index contributed by atoms with van der Waals surface area (Å²) in [7, 11) is 0. The first kappa shape index (κ1) is 34.3. The van der Waals surface area contributed by atoms with Gasteiger partial charge in [0.05, 0.1) is 17.1 Å². The first-order valence-electron chi connectivity index (χ1n) is 15.0. The Bertz CT molecular complexity index is 1700. The minimum absolute atomic E-state index is 0.0153. The van der Waals surface area contributed by atoms with Crippen molar-refractivity contribution in [3.8, 4) is 0 Å². The highest BCUT2D eigenvalue weighted by molar-refractivity contribution is 6.06. The second-order valence-electron chi connectivity index (χ2n) is 10.4. The van der Waals surface area contributed by atoms with Gasteiger partial charge in [0, 0.05) is 47.9 Å². The van der Waals surface area contributed by atoms with E-state index in [2.05, 4.69) is 48.3 Å². The molecule has 0 atom stereocenters. The molecule has 0 aliphatic rings. The molecule has 1 amide bonds. The molecular formula is C37H41N3O5. The number of ether oxygens (including phenoxy) is 1. The summed E-state index contributed by atoms with van der Waals surface area (Å²) in [6.07, 6.45) is 7.63. The average molecular weight is 608 g/mol. The Morgan fingerprint density at radius 1 is 0.956 bits per heavy atom. The minimum atomic E-state index is -0.448. The number of unbranched alkanes of at least 4 members (excludes halogenated alkanes) is 1. The normalized spacial score (nSPS) is 11.5. The van der Waals surface area contributed by atoms with Crippen molar-refractivity contribution in [2.75, 3.05) is 6.61 Å². The second kappa shape index (κ2) is 16.6. The standard InChI is InChI=1S/C35H37N3O5.C2H4/c1-5-8-19-43-35(40)31(7-3)30(6-2)27-13-9-26(10-14-27)23-37-22-24(4)32-20-28(15-18-33(32)37)34(39)36-21-25-11-16-29(17-12-25)38(41)42;1-2/h6-7,9-18,20,22H,5,8,19,21,23H2,1-4H3,(H,36,39);1-2H2/b30-6-,31-7+;. The van der Waals surface area contributed by atoms with Gasteiger partial charge in [-0.1, -0.05) is 61.9 Å². The summed E-state index contributed by atoms with van der Waals surface area (Å²) in [4.78, 5) is 36.0. The SMILES string of the molecule is C/C=C(\C(=C/C)C(=O)OCCCC)c1ccc(Cn2cc(C)c3cc(C(=O)NCc4ccc([N+](=O)[O-])cc4)ccc32)cc1.C=C. The lowest BCUT2D eigenvalue weighted by molar-refractivity contribution is -0.384. The molecule has 45 heavy (non-hydrogen) atoms. The zero-order valence-electron chi connectivity index (χ0n) is 26.5. The predicted molar refractivity (Wildman–Crippen MR) is 181 cm³/mol. The number of nitro groups is 1. The van der Waals surface area contributed by atoms with Crippen molar-refractivity contribution in [3.05, 3.63) is 142 Å². The number of nitrogens with zero attached hydrogens (tertiary/aromatic N) is 2. The second-order valence-corrected chi connectivity index (χ2v) is 10.4. The zero-order valence-corrected chi connectivity index (χ0v) is 26.5. The molecule has 4 rings (SSSR count). The van der Waals surface area contributed by atoms with Crippen molar-refractivity contribution < 1.29 is 19.2 Å². The monoisotopic (exact) mass is 607 g/mol. The van der Waals surface area contributed by atoms with Gasteiger partial charge in [0.25, 0.3) is 11.6 Å². The molecular weight excluding hydrogens is 566 g/mol. The molecule has 3 aromatic carbocycles. The van der Waals surface area contributed by atoms with E-state index in [9.17, 15) is 19.7 Å². The molecule has 1 aromatic heterocycles. The molecule has 0 saturated heterocycles. The van der Waals surface area contributed by atoms with Crippen molar-refractivity contribution in [1.82, 2.24) is 9.88 Å². The van der Waals surface area contributed by atoms with Crippen LogP contribution in [0.5, 0.6) is 0 Å². The van der Waals surface area contributed by atoms with E-state index in [-0.39, 0.29) is 24.1 Å². The maximum Gasteiger partial charge on any atom is 0.338 e. The number of rotatable bonds is 12. The molecule has 0 radical (unpaired) electrons. The molecule has 0 bridgehead atoms. The molecule has 4 aromatic rings. The summed E-state index contributed by atoms with van der Waals surface area (Å²) in [5.74, 6) is -0.515. The van der Waals surface area contributed by atoms with Crippen LogP contribution in [-0.4, -0.2) is 28.0 Å². The fourth-order valence-electron chi connectivity index (χ4n) is 5.00. The lowest BCUT2D eigenvalue weighted by Gasteiger charge is -2.13. The largest absolute Gasteiger partial charge is 0.462 e. The highest BCUT2D eigenvalue weighted by Crippen LogP contribution is 2.27. The number of aromatic nitrogens is 1. The highest BCUT2D eigenvalue weighted by atomic mass is 16.6.